The highest BCUT2D eigenvalue weighted by molar-refractivity contribution is 6.00. The molecule has 4 heterocycles. The summed E-state index contributed by atoms with van der Waals surface area (Å²) in [6, 6.07) is 17.2. The molecule has 2 fully saturated rings. The van der Waals surface area contributed by atoms with E-state index in [2.05, 4.69) is 99.1 Å². The fourth-order valence-corrected chi connectivity index (χ4v) is 10.2. The lowest BCUT2D eigenvalue weighted by molar-refractivity contribution is 0.225. The van der Waals surface area contributed by atoms with E-state index in [0.29, 0.717) is 11.8 Å². The molecule has 0 unspecified atom stereocenters. The van der Waals surface area contributed by atoms with Gasteiger partial charge >= 0.3 is 0 Å². The molecule has 210 valence electrons. The second-order valence-corrected chi connectivity index (χ2v) is 15.2. The first-order valence-electron chi connectivity index (χ1n) is 15.7. The fourth-order valence-electron chi connectivity index (χ4n) is 10.2. The number of benzene rings is 2. The van der Waals surface area contributed by atoms with Gasteiger partial charge in [0.15, 0.2) is 11.6 Å². The molecule has 6 heteroatoms. The molecule has 10 rings (SSSR count). The van der Waals surface area contributed by atoms with Crippen molar-refractivity contribution in [3.63, 3.8) is 0 Å². The van der Waals surface area contributed by atoms with E-state index < -0.39 is 0 Å². The van der Waals surface area contributed by atoms with E-state index in [1.807, 2.05) is 0 Å². The number of para-hydroxylation sites is 2. The van der Waals surface area contributed by atoms with Crippen molar-refractivity contribution in [1.82, 2.24) is 29.2 Å². The predicted molar refractivity (Wildman–Crippen MR) is 166 cm³/mol. The minimum atomic E-state index is 0.0514. The zero-order chi connectivity index (χ0) is 28.6. The smallest absolute Gasteiger partial charge is 0.200 e. The van der Waals surface area contributed by atoms with Crippen molar-refractivity contribution in [3.8, 4) is 11.6 Å². The molecule has 42 heavy (non-hydrogen) atoms. The van der Waals surface area contributed by atoms with E-state index in [-0.39, 0.29) is 21.7 Å². The number of nitrogens with zero attached hydrogens (tertiary/aromatic N) is 6. The lowest BCUT2D eigenvalue weighted by atomic mass is 9.70. The van der Waals surface area contributed by atoms with Gasteiger partial charge in [0.1, 0.15) is 0 Å². The topological polar surface area (TPSA) is 60.4 Å². The first-order valence-corrected chi connectivity index (χ1v) is 15.7. The Balaban J connectivity index is 1.37. The molecule has 4 aliphatic carbocycles. The molecular formula is C36H36N6. The highest BCUT2D eigenvalue weighted by Crippen LogP contribution is 2.69. The lowest BCUT2D eigenvalue weighted by Gasteiger charge is -2.34. The van der Waals surface area contributed by atoms with Crippen LogP contribution in [0.4, 0.5) is 0 Å². The highest BCUT2D eigenvalue weighted by Gasteiger charge is 2.63. The van der Waals surface area contributed by atoms with E-state index in [1.54, 1.807) is 0 Å². The lowest BCUT2D eigenvalue weighted by Crippen LogP contribution is -2.32. The van der Waals surface area contributed by atoms with Crippen LogP contribution in [0, 0.1) is 10.8 Å². The molecule has 4 bridgehead atoms. The number of fused-ring (bicyclic) bond motifs is 18. The molecule has 6 nitrogen and oxygen atoms in total. The first kappa shape index (κ1) is 23.7. The monoisotopic (exact) mass is 552 g/mol. The second-order valence-electron chi connectivity index (χ2n) is 15.2. The Bertz CT molecular complexity index is 2060. The number of aromatic nitrogens is 6. The Morgan fingerprint density at radius 2 is 1.00 bits per heavy atom. The van der Waals surface area contributed by atoms with Crippen LogP contribution in [0.2, 0.25) is 0 Å². The van der Waals surface area contributed by atoms with Gasteiger partial charge in [-0.25, -0.2) is 19.0 Å². The first-order chi connectivity index (χ1) is 20.1. The molecule has 0 radical (unpaired) electrons. The van der Waals surface area contributed by atoms with Crippen LogP contribution in [0.25, 0.3) is 44.5 Å². The van der Waals surface area contributed by atoms with Crippen LogP contribution in [-0.2, 0) is 10.8 Å². The van der Waals surface area contributed by atoms with Gasteiger partial charge in [-0.3, -0.25) is 0 Å². The van der Waals surface area contributed by atoms with Crippen LogP contribution in [-0.4, -0.2) is 29.2 Å². The van der Waals surface area contributed by atoms with E-state index in [9.17, 15) is 0 Å². The fraction of sp³-hybridized carbons (Fsp3) is 0.444. The molecule has 6 aromatic rings. The minimum Gasteiger partial charge on any atom is -0.225 e. The third-order valence-electron chi connectivity index (χ3n) is 13.4. The maximum atomic E-state index is 5.47. The largest absolute Gasteiger partial charge is 0.225 e. The molecule has 0 amide bonds. The Hall–Kier alpha value is -3.80. The van der Waals surface area contributed by atoms with E-state index >= 15 is 0 Å². The van der Waals surface area contributed by atoms with Crippen molar-refractivity contribution >= 4 is 32.8 Å². The maximum absolute atomic E-state index is 5.47. The van der Waals surface area contributed by atoms with Gasteiger partial charge in [-0.15, -0.1) is 0 Å². The average molecular weight is 553 g/mol. The van der Waals surface area contributed by atoms with Gasteiger partial charge in [-0.05, 0) is 60.5 Å². The van der Waals surface area contributed by atoms with Crippen molar-refractivity contribution in [3.05, 3.63) is 71.0 Å². The standard InChI is InChI=1S/C36H36N6/c1-33(2)21-15-17-35(33,5)29-25(21)27-19-11-7-9-13-23(19)37-31(41(27)39-29)32-38-24-14-10-8-12-20(24)28-26-22-16-18-36(6,34(22,3)4)30(26)40-42(28)32/h7-14,21-22H,15-18H2,1-6H3/t21-,22-,35+,36+/m0/s1. The SMILES string of the molecule is CC1(C)[C@H]2CC[C@]1(C)c1nn3c(-c4nc5ccccc5c5c6c(nn45)[C@@]4(C)CC[C@@H]6C4(C)C)nc4ccccc4c3c12. The Morgan fingerprint density at radius 1 is 0.595 bits per heavy atom. The summed E-state index contributed by atoms with van der Waals surface area (Å²) in [5, 5.41) is 13.3. The molecule has 2 saturated carbocycles. The van der Waals surface area contributed by atoms with Crippen molar-refractivity contribution in [2.24, 2.45) is 10.8 Å². The molecule has 0 spiro atoms. The summed E-state index contributed by atoms with van der Waals surface area (Å²) >= 11 is 0. The quantitative estimate of drug-likeness (QED) is 0.207. The van der Waals surface area contributed by atoms with Crippen LogP contribution in [0.3, 0.4) is 0 Å². The summed E-state index contributed by atoms with van der Waals surface area (Å²) in [5.74, 6) is 2.55. The van der Waals surface area contributed by atoms with E-state index in [1.165, 1.54) is 70.0 Å². The number of hydrogen-bond donors (Lipinski definition) is 0. The molecule has 2 aromatic carbocycles. The van der Waals surface area contributed by atoms with Crippen LogP contribution >= 0.6 is 0 Å². The maximum Gasteiger partial charge on any atom is 0.200 e. The number of hydrogen-bond acceptors (Lipinski definition) is 4. The average Bonchev–Trinajstić information content (AvgIpc) is 3.74. The summed E-state index contributed by atoms with van der Waals surface area (Å²) < 4.78 is 4.28. The summed E-state index contributed by atoms with van der Waals surface area (Å²) in [7, 11) is 0. The van der Waals surface area contributed by atoms with Crippen molar-refractivity contribution in [2.45, 2.75) is 89.9 Å². The zero-order valence-corrected chi connectivity index (χ0v) is 25.3. The Kier molecular flexibility index (Phi) is 3.88. The normalized spacial score (nSPS) is 29.9. The zero-order valence-electron chi connectivity index (χ0n) is 25.3. The van der Waals surface area contributed by atoms with Crippen LogP contribution in [0.5, 0.6) is 0 Å². The molecule has 0 saturated heterocycles. The van der Waals surface area contributed by atoms with Gasteiger partial charge in [0.25, 0.3) is 0 Å². The summed E-state index contributed by atoms with van der Waals surface area (Å²) in [6.07, 6.45) is 4.79. The van der Waals surface area contributed by atoms with Crippen molar-refractivity contribution in [1.29, 1.82) is 0 Å². The third kappa shape index (κ3) is 2.28. The molecule has 4 atom stereocenters. The number of rotatable bonds is 1. The molecule has 4 aromatic heterocycles. The van der Waals surface area contributed by atoms with Crippen molar-refractivity contribution in [2.75, 3.05) is 0 Å². The molecule has 4 aliphatic rings. The highest BCUT2D eigenvalue weighted by atomic mass is 15.3. The minimum absolute atomic E-state index is 0.0514. The summed E-state index contributed by atoms with van der Waals surface area (Å²) in [6.45, 7) is 14.7. The van der Waals surface area contributed by atoms with Gasteiger partial charge in [0.05, 0.1) is 33.5 Å². The second kappa shape index (κ2) is 6.88. The van der Waals surface area contributed by atoms with Crippen LogP contribution in [0.15, 0.2) is 48.5 Å². The summed E-state index contributed by atoms with van der Waals surface area (Å²) in [5.41, 5.74) is 10.3. The van der Waals surface area contributed by atoms with Gasteiger partial charge < -0.3 is 0 Å². The van der Waals surface area contributed by atoms with Crippen LogP contribution < -0.4 is 0 Å². The van der Waals surface area contributed by atoms with Gasteiger partial charge in [0.2, 0.25) is 0 Å². The van der Waals surface area contributed by atoms with E-state index in [4.69, 9.17) is 20.2 Å². The molecular weight excluding hydrogens is 516 g/mol. The third-order valence-corrected chi connectivity index (χ3v) is 13.4. The van der Waals surface area contributed by atoms with Gasteiger partial charge in [0, 0.05) is 32.7 Å². The molecule has 0 N–H and O–H groups in total. The van der Waals surface area contributed by atoms with Gasteiger partial charge in [-0.2, -0.15) is 10.2 Å². The van der Waals surface area contributed by atoms with Crippen LogP contribution in [0.1, 0.15) is 102 Å². The van der Waals surface area contributed by atoms with Gasteiger partial charge in [-0.1, -0.05) is 77.9 Å². The predicted octanol–water partition coefficient (Wildman–Crippen LogP) is 8.10. The van der Waals surface area contributed by atoms with Crippen molar-refractivity contribution < 1.29 is 0 Å². The Morgan fingerprint density at radius 3 is 1.43 bits per heavy atom. The Labute approximate surface area is 245 Å². The van der Waals surface area contributed by atoms with E-state index in [0.717, 1.165) is 22.7 Å². The summed E-state index contributed by atoms with van der Waals surface area (Å²) in [4.78, 5) is 10.7. The molecule has 0 aliphatic heterocycles.